The first-order valence-corrected chi connectivity index (χ1v) is 5.71. The van der Waals surface area contributed by atoms with Crippen LogP contribution in [0.3, 0.4) is 0 Å². The smallest absolute Gasteiger partial charge is 0.309 e. The number of nitrogens with one attached hydrogen (secondary N) is 1. The van der Waals surface area contributed by atoms with Crippen LogP contribution in [-0.2, 0) is 0 Å². The highest BCUT2D eigenvalue weighted by Crippen LogP contribution is 2.27. The van der Waals surface area contributed by atoms with Gasteiger partial charge in [-0.1, -0.05) is 18.5 Å². The summed E-state index contributed by atoms with van der Waals surface area (Å²) in [5.41, 5.74) is 0.584. The average molecular weight is 267 g/mol. The van der Waals surface area contributed by atoms with E-state index in [4.69, 9.17) is 11.6 Å². The summed E-state index contributed by atoms with van der Waals surface area (Å²) in [6.45, 7) is 2.43. The van der Waals surface area contributed by atoms with Crippen molar-refractivity contribution in [3.05, 3.63) is 29.0 Å². The van der Waals surface area contributed by atoms with E-state index in [1.54, 1.807) is 12.1 Å². The van der Waals surface area contributed by atoms with E-state index in [1.165, 1.54) is 6.20 Å². The van der Waals surface area contributed by atoms with Crippen LogP contribution in [0, 0.1) is 0 Å². The number of alkyl halides is 3. The molecule has 1 N–H and O–H groups in total. The van der Waals surface area contributed by atoms with Crippen LogP contribution in [0.4, 0.5) is 13.2 Å². The summed E-state index contributed by atoms with van der Waals surface area (Å²) >= 11 is 5.68. The van der Waals surface area contributed by atoms with Crippen LogP contribution in [0.1, 0.15) is 31.5 Å². The van der Waals surface area contributed by atoms with Crippen LogP contribution in [0.2, 0.25) is 5.02 Å². The van der Waals surface area contributed by atoms with Crippen LogP contribution in [0.15, 0.2) is 18.3 Å². The maximum absolute atomic E-state index is 12.2. The second kappa shape index (κ2) is 6.21. The quantitative estimate of drug-likeness (QED) is 0.878. The summed E-state index contributed by atoms with van der Waals surface area (Å²) in [4.78, 5) is 4.04. The number of halogens is 4. The highest BCUT2D eigenvalue weighted by atomic mass is 35.5. The lowest BCUT2D eigenvalue weighted by molar-refractivity contribution is -0.136. The van der Waals surface area contributed by atoms with Gasteiger partial charge in [-0.2, -0.15) is 13.2 Å². The van der Waals surface area contributed by atoms with Crippen molar-refractivity contribution < 1.29 is 13.2 Å². The minimum atomic E-state index is -4.14. The standard InChI is InChI=1S/C11H14ClF3N2/c1-2-16-10(5-6-11(13,14)15)9-4-3-8(12)7-17-9/h3-4,7,10,16H,2,5-6H2,1H3. The lowest BCUT2D eigenvalue weighted by Crippen LogP contribution is -2.23. The highest BCUT2D eigenvalue weighted by molar-refractivity contribution is 6.30. The summed E-state index contributed by atoms with van der Waals surface area (Å²) in [5, 5.41) is 3.46. The van der Waals surface area contributed by atoms with Crippen molar-refractivity contribution in [2.75, 3.05) is 6.54 Å². The highest BCUT2D eigenvalue weighted by Gasteiger charge is 2.28. The molecule has 0 aliphatic heterocycles. The topological polar surface area (TPSA) is 24.9 Å². The second-order valence-corrected chi connectivity index (χ2v) is 4.10. The van der Waals surface area contributed by atoms with Gasteiger partial charge in [-0.05, 0) is 25.1 Å². The van der Waals surface area contributed by atoms with Gasteiger partial charge in [-0.15, -0.1) is 0 Å². The van der Waals surface area contributed by atoms with Crippen LogP contribution >= 0.6 is 11.6 Å². The van der Waals surface area contributed by atoms with E-state index in [0.29, 0.717) is 17.3 Å². The minimum absolute atomic E-state index is 0.0219. The molecule has 0 aromatic carbocycles. The predicted octanol–water partition coefficient (Wildman–Crippen LogP) is 3.73. The Labute approximate surface area is 103 Å². The SMILES string of the molecule is CCNC(CCC(F)(F)F)c1ccc(Cl)cn1. The van der Waals surface area contributed by atoms with Gasteiger partial charge in [0.1, 0.15) is 0 Å². The minimum Gasteiger partial charge on any atom is -0.309 e. The molecule has 0 saturated heterocycles. The number of aromatic nitrogens is 1. The number of hydrogen-bond donors (Lipinski definition) is 1. The van der Waals surface area contributed by atoms with E-state index < -0.39 is 12.6 Å². The molecule has 1 rings (SSSR count). The number of hydrogen-bond acceptors (Lipinski definition) is 2. The van der Waals surface area contributed by atoms with Crippen molar-refractivity contribution in [1.29, 1.82) is 0 Å². The molecule has 0 bridgehead atoms. The molecule has 1 atom stereocenters. The Morgan fingerprint density at radius 1 is 1.41 bits per heavy atom. The van der Waals surface area contributed by atoms with Gasteiger partial charge in [0, 0.05) is 18.7 Å². The maximum Gasteiger partial charge on any atom is 0.389 e. The summed E-state index contributed by atoms with van der Waals surface area (Å²) in [6, 6.07) is 2.88. The zero-order valence-electron chi connectivity index (χ0n) is 9.39. The van der Waals surface area contributed by atoms with Crippen molar-refractivity contribution >= 4 is 11.6 Å². The van der Waals surface area contributed by atoms with Gasteiger partial charge >= 0.3 is 6.18 Å². The van der Waals surface area contributed by atoms with Crippen molar-refractivity contribution in [3.63, 3.8) is 0 Å². The molecule has 0 amide bonds. The Balaban J connectivity index is 2.68. The Morgan fingerprint density at radius 2 is 2.12 bits per heavy atom. The summed E-state index contributed by atoms with van der Waals surface area (Å²) in [5.74, 6) is 0. The fourth-order valence-electron chi connectivity index (χ4n) is 1.50. The van der Waals surface area contributed by atoms with E-state index in [0.717, 1.165) is 0 Å². The third-order valence-corrected chi connectivity index (χ3v) is 2.50. The molecule has 96 valence electrons. The van der Waals surface area contributed by atoms with Gasteiger partial charge in [0.05, 0.1) is 10.7 Å². The van der Waals surface area contributed by atoms with Gasteiger partial charge in [-0.25, -0.2) is 0 Å². The number of pyridine rings is 1. The fourth-order valence-corrected chi connectivity index (χ4v) is 1.61. The normalized spacial score (nSPS) is 13.7. The van der Waals surface area contributed by atoms with Gasteiger partial charge < -0.3 is 5.32 Å². The van der Waals surface area contributed by atoms with Crippen molar-refractivity contribution in [1.82, 2.24) is 10.3 Å². The van der Waals surface area contributed by atoms with Crippen LogP contribution in [-0.4, -0.2) is 17.7 Å². The lowest BCUT2D eigenvalue weighted by atomic mass is 10.1. The van der Waals surface area contributed by atoms with Gasteiger partial charge in [-0.3, -0.25) is 4.98 Å². The van der Waals surface area contributed by atoms with E-state index in [2.05, 4.69) is 10.3 Å². The average Bonchev–Trinajstić information content (AvgIpc) is 2.24. The molecular weight excluding hydrogens is 253 g/mol. The first kappa shape index (κ1) is 14.3. The predicted molar refractivity (Wildman–Crippen MR) is 61.0 cm³/mol. The van der Waals surface area contributed by atoms with E-state index >= 15 is 0 Å². The zero-order chi connectivity index (χ0) is 12.9. The number of nitrogens with zero attached hydrogens (tertiary/aromatic N) is 1. The summed E-state index contributed by atoms with van der Waals surface area (Å²) in [7, 11) is 0. The maximum atomic E-state index is 12.2. The third kappa shape index (κ3) is 5.37. The fraction of sp³-hybridized carbons (Fsp3) is 0.545. The van der Waals surface area contributed by atoms with E-state index in [1.807, 2.05) is 6.92 Å². The lowest BCUT2D eigenvalue weighted by Gasteiger charge is -2.18. The van der Waals surface area contributed by atoms with E-state index in [-0.39, 0.29) is 12.5 Å². The Bertz CT molecular complexity index is 338. The van der Waals surface area contributed by atoms with Crippen molar-refractivity contribution in [2.24, 2.45) is 0 Å². The zero-order valence-corrected chi connectivity index (χ0v) is 10.1. The molecule has 17 heavy (non-hydrogen) atoms. The molecule has 1 aromatic heterocycles. The summed E-state index contributed by atoms with van der Waals surface area (Å²) < 4.78 is 36.5. The largest absolute Gasteiger partial charge is 0.389 e. The van der Waals surface area contributed by atoms with Crippen molar-refractivity contribution in [2.45, 2.75) is 32.0 Å². The molecule has 6 heteroatoms. The molecule has 0 fully saturated rings. The van der Waals surface area contributed by atoms with Gasteiger partial charge in [0.15, 0.2) is 0 Å². The molecule has 1 aromatic rings. The summed E-state index contributed by atoms with van der Waals surface area (Å²) in [6.07, 6.45) is -3.55. The molecule has 1 heterocycles. The number of rotatable bonds is 5. The molecule has 0 radical (unpaired) electrons. The molecular formula is C11H14ClF3N2. The molecule has 0 spiro atoms. The first-order valence-electron chi connectivity index (χ1n) is 5.34. The van der Waals surface area contributed by atoms with Gasteiger partial charge in [0.25, 0.3) is 0 Å². The molecule has 2 nitrogen and oxygen atoms in total. The van der Waals surface area contributed by atoms with Crippen LogP contribution in [0.5, 0.6) is 0 Å². The van der Waals surface area contributed by atoms with Gasteiger partial charge in [0.2, 0.25) is 0 Å². The Morgan fingerprint density at radius 3 is 2.59 bits per heavy atom. The molecule has 0 aliphatic carbocycles. The monoisotopic (exact) mass is 266 g/mol. The first-order chi connectivity index (χ1) is 7.92. The Kier molecular flexibility index (Phi) is 5.21. The second-order valence-electron chi connectivity index (χ2n) is 3.67. The third-order valence-electron chi connectivity index (χ3n) is 2.27. The van der Waals surface area contributed by atoms with Crippen molar-refractivity contribution in [3.8, 4) is 0 Å². The van der Waals surface area contributed by atoms with Crippen LogP contribution < -0.4 is 5.32 Å². The molecule has 1 unspecified atom stereocenters. The molecule has 0 aliphatic rings. The van der Waals surface area contributed by atoms with E-state index in [9.17, 15) is 13.2 Å². The Hall–Kier alpha value is -0.810. The van der Waals surface area contributed by atoms with Crippen LogP contribution in [0.25, 0.3) is 0 Å². The molecule has 0 saturated carbocycles.